The molecule has 0 N–H and O–H groups in total. The molecule has 9 aromatic rings. The zero-order valence-corrected chi connectivity index (χ0v) is 30.6. The third kappa shape index (κ3) is 5.85. The summed E-state index contributed by atoms with van der Waals surface area (Å²) in [5, 5.41) is 10.3. The number of rotatable bonds is 5. The minimum atomic E-state index is 1.23. The van der Waals surface area contributed by atoms with Gasteiger partial charge in [-0.3, -0.25) is 0 Å². The van der Waals surface area contributed by atoms with Gasteiger partial charge >= 0.3 is 0 Å². The van der Waals surface area contributed by atoms with Crippen molar-refractivity contribution in [2.75, 3.05) is 0 Å². The molecule has 0 aliphatic carbocycles. The third-order valence-electron chi connectivity index (χ3n) is 10.7. The first-order valence-corrected chi connectivity index (χ1v) is 18.7. The molecule has 9 rings (SSSR count). The van der Waals surface area contributed by atoms with Gasteiger partial charge in [-0.1, -0.05) is 190 Å². The van der Waals surface area contributed by atoms with Crippen LogP contribution in [0.2, 0.25) is 0 Å². The first kappa shape index (κ1) is 33.2. The molecule has 0 heterocycles. The molecule has 0 aromatic heterocycles. The highest BCUT2D eigenvalue weighted by atomic mass is 14.2. The number of aryl methyl sites for hydroxylation is 2. The van der Waals surface area contributed by atoms with E-state index in [0.29, 0.717) is 0 Å². The van der Waals surface area contributed by atoms with Crippen molar-refractivity contribution in [3.05, 3.63) is 181 Å². The standard InChI is InChI=1S/C48H34.C4H10/c1-31-24-25-36(30-45(31)46-32(2)37-16-6-7-17-38(37)39-18-8-9-19-40(39)46)48-43-22-12-10-20-41(43)47(42-21-11-13-23-44(42)48)35-28-26-34(27-29-35)33-14-4-3-5-15-33;1-3-4-2/h3-30H,1-2H3;3-4H2,1-2H3. The molecule has 0 saturated carbocycles. The molecular weight excluding hydrogens is 625 g/mol. The zero-order chi connectivity index (χ0) is 35.6. The average Bonchev–Trinajstić information content (AvgIpc) is 3.21. The lowest BCUT2D eigenvalue weighted by molar-refractivity contribution is 0.886. The van der Waals surface area contributed by atoms with Crippen LogP contribution in [0.5, 0.6) is 0 Å². The quantitative estimate of drug-likeness (QED) is 0.126. The van der Waals surface area contributed by atoms with Gasteiger partial charge < -0.3 is 0 Å². The first-order chi connectivity index (χ1) is 25.6. The number of unbranched alkanes of at least 4 members (excludes halogenated alkanes) is 1. The smallest absolute Gasteiger partial charge is 0.00262 e. The molecule has 52 heavy (non-hydrogen) atoms. The number of hydrogen-bond donors (Lipinski definition) is 0. The summed E-state index contributed by atoms with van der Waals surface area (Å²) >= 11 is 0. The van der Waals surface area contributed by atoms with Gasteiger partial charge in [-0.2, -0.15) is 0 Å². The van der Waals surface area contributed by atoms with Crippen LogP contribution in [-0.4, -0.2) is 0 Å². The molecule has 252 valence electrons. The summed E-state index contributed by atoms with van der Waals surface area (Å²) in [5.74, 6) is 0. The minimum Gasteiger partial charge on any atom is -0.0654 e. The van der Waals surface area contributed by atoms with E-state index in [-0.39, 0.29) is 0 Å². The van der Waals surface area contributed by atoms with E-state index in [4.69, 9.17) is 0 Å². The minimum absolute atomic E-state index is 1.23. The van der Waals surface area contributed by atoms with E-state index in [9.17, 15) is 0 Å². The van der Waals surface area contributed by atoms with Crippen molar-refractivity contribution in [3.63, 3.8) is 0 Å². The highest BCUT2D eigenvalue weighted by Gasteiger charge is 2.19. The summed E-state index contributed by atoms with van der Waals surface area (Å²) in [6.07, 6.45) is 2.64. The maximum absolute atomic E-state index is 2.45. The Balaban J connectivity index is 0.000000922. The van der Waals surface area contributed by atoms with Crippen LogP contribution in [-0.2, 0) is 0 Å². The predicted octanol–water partition coefficient (Wildman–Crippen LogP) is 15.4. The van der Waals surface area contributed by atoms with E-state index in [1.165, 1.54) is 112 Å². The molecule has 0 spiro atoms. The first-order valence-electron chi connectivity index (χ1n) is 18.7. The summed E-state index contributed by atoms with van der Waals surface area (Å²) in [5.41, 5.74) is 12.7. The molecular formula is C52H44. The lowest BCUT2D eigenvalue weighted by Crippen LogP contribution is -1.94. The van der Waals surface area contributed by atoms with Gasteiger partial charge in [0.05, 0.1) is 0 Å². The normalized spacial score (nSPS) is 11.2. The van der Waals surface area contributed by atoms with Crippen LogP contribution >= 0.6 is 0 Å². The van der Waals surface area contributed by atoms with Gasteiger partial charge in [-0.25, -0.2) is 0 Å². The molecule has 0 saturated heterocycles. The van der Waals surface area contributed by atoms with Crippen molar-refractivity contribution in [2.24, 2.45) is 0 Å². The Bertz CT molecular complexity index is 2640. The van der Waals surface area contributed by atoms with Crippen molar-refractivity contribution >= 4 is 43.1 Å². The Hall–Kier alpha value is -5.98. The van der Waals surface area contributed by atoms with E-state index in [0.717, 1.165) is 0 Å². The van der Waals surface area contributed by atoms with Gasteiger partial charge in [0.25, 0.3) is 0 Å². The highest BCUT2D eigenvalue weighted by molar-refractivity contribution is 6.22. The Morgan fingerprint density at radius 1 is 0.308 bits per heavy atom. The third-order valence-corrected chi connectivity index (χ3v) is 10.7. The van der Waals surface area contributed by atoms with E-state index in [1.807, 2.05) is 0 Å². The molecule has 9 aromatic carbocycles. The summed E-state index contributed by atoms with van der Waals surface area (Å²) in [6.45, 7) is 8.90. The monoisotopic (exact) mass is 668 g/mol. The topological polar surface area (TPSA) is 0 Å². The van der Waals surface area contributed by atoms with Crippen molar-refractivity contribution < 1.29 is 0 Å². The fourth-order valence-corrected chi connectivity index (χ4v) is 7.92. The van der Waals surface area contributed by atoms with E-state index < -0.39 is 0 Å². The van der Waals surface area contributed by atoms with Crippen LogP contribution in [0.1, 0.15) is 37.8 Å². The lowest BCUT2D eigenvalue weighted by Gasteiger charge is -2.20. The second kappa shape index (κ2) is 14.3. The average molecular weight is 669 g/mol. The SMILES string of the molecule is CCCC.Cc1ccc(-c2c3ccccc3c(-c3ccc(-c4ccccc4)cc3)c3ccccc23)cc1-c1c(C)c2ccccc2c2ccccc12. The van der Waals surface area contributed by atoms with Crippen LogP contribution in [0.25, 0.3) is 87.6 Å². The Morgan fingerprint density at radius 3 is 1.19 bits per heavy atom. The largest absolute Gasteiger partial charge is 0.0654 e. The Labute approximate surface area is 308 Å². The van der Waals surface area contributed by atoms with E-state index >= 15 is 0 Å². The Kier molecular flexibility index (Phi) is 9.14. The molecule has 0 atom stereocenters. The van der Waals surface area contributed by atoms with E-state index in [1.54, 1.807) is 0 Å². The summed E-state index contributed by atoms with van der Waals surface area (Å²) in [4.78, 5) is 0. The van der Waals surface area contributed by atoms with E-state index in [2.05, 4.69) is 198 Å². The molecule has 0 heteroatoms. The van der Waals surface area contributed by atoms with Gasteiger partial charge in [0, 0.05) is 0 Å². The number of hydrogen-bond acceptors (Lipinski definition) is 0. The number of benzene rings is 9. The molecule has 0 unspecified atom stereocenters. The molecule has 0 radical (unpaired) electrons. The fourth-order valence-electron chi connectivity index (χ4n) is 7.92. The lowest BCUT2D eigenvalue weighted by atomic mass is 9.83. The Morgan fingerprint density at radius 2 is 0.673 bits per heavy atom. The predicted molar refractivity (Wildman–Crippen MR) is 228 cm³/mol. The number of fused-ring (bicyclic) bond motifs is 5. The summed E-state index contributed by atoms with van der Waals surface area (Å²) < 4.78 is 0. The van der Waals surface area contributed by atoms with Crippen molar-refractivity contribution in [2.45, 2.75) is 40.5 Å². The van der Waals surface area contributed by atoms with Crippen LogP contribution in [0.4, 0.5) is 0 Å². The van der Waals surface area contributed by atoms with Crippen LogP contribution in [0.3, 0.4) is 0 Å². The van der Waals surface area contributed by atoms with Crippen molar-refractivity contribution in [3.8, 4) is 44.5 Å². The molecule has 0 amide bonds. The second-order valence-corrected chi connectivity index (χ2v) is 13.9. The molecule has 0 nitrogen and oxygen atoms in total. The summed E-state index contributed by atoms with van der Waals surface area (Å²) in [6, 6.07) is 62.4. The van der Waals surface area contributed by atoms with Crippen molar-refractivity contribution in [1.82, 2.24) is 0 Å². The second-order valence-electron chi connectivity index (χ2n) is 13.9. The van der Waals surface area contributed by atoms with Gasteiger partial charge in [0.15, 0.2) is 0 Å². The highest BCUT2D eigenvalue weighted by Crippen LogP contribution is 2.46. The van der Waals surface area contributed by atoms with Crippen molar-refractivity contribution in [1.29, 1.82) is 0 Å². The van der Waals surface area contributed by atoms with Crippen LogP contribution < -0.4 is 0 Å². The molecule has 0 bridgehead atoms. The maximum atomic E-state index is 2.45. The summed E-state index contributed by atoms with van der Waals surface area (Å²) in [7, 11) is 0. The molecule has 0 aliphatic rings. The van der Waals surface area contributed by atoms with Gasteiger partial charge in [-0.05, 0) is 119 Å². The van der Waals surface area contributed by atoms with Crippen LogP contribution in [0.15, 0.2) is 170 Å². The maximum Gasteiger partial charge on any atom is -0.00262 e. The van der Waals surface area contributed by atoms with Gasteiger partial charge in [0.2, 0.25) is 0 Å². The molecule has 0 fully saturated rings. The van der Waals surface area contributed by atoms with Gasteiger partial charge in [-0.15, -0.1) is 0 Å². The van der Waals surface area contributed by atoms with Gasteiger partial charge in [0.1, 0.15) is 0 Å². The fraction of sp³-hybridized carbons (Fsp3) is 0.115. The van der Waals surface area contributed by atoms with Crippen LogP contribution in [0, 0.1) is 13.8 Å². The molecule has 0 aliphatic heterocycles. The zero-order valence-electron chi connectivity index (χ0n) is 30.6.